The molecule has 0 saturated heterocycles. The summed E-state index contributed by atoms with van der Waals surface area (Å²) >= 11 is 0. The van der Waals surface area contributed by atoms with Crippen molar-refractivity contribution in [3.05, 3.63) is 35.4 Å². The topological polar surface area (TPSA) is 63.6 Å². The maximum absolute atomic E-state index is 10.6. The van der Waals surface area contributed by atoms with Crippen LogP contribution in [0.3, 0.4) is 0 Å². The number of methoxy groups -OCH3 is 1. The van der Waals surface area contributed by atoms with Crippen LogP contribution in [0, 0.1) is 0 Å². The van der Waals surface area contributed by atoms with Gasteiger partial charge in [0.1, 0.15) is 12.0 Å². The fourth-order valence-electron chi connectivity index (χ4n) is 1.43. The van der Waals surface area contributed by atoms with E-state index in [0.717, 1.165) is 11.8 Å². The van der Waals surface area contributed by atoms with Crippen LogP contribution in [0.4, 0.5) is 0 Å². The first-order valence-electron chi connectivity index (χ1n) is 5.16. The molecule has 0 aliphatic heterocycles. The predicted octanol–water partition coefficient (Wildman–Crippen LogP) is 1.92. The zero-order valence-electron chi connectivity index (χ0n) is 9.55. The Labute approximate surface area is 99.5 Å². The second-order valence-corrected chi connectivity index (χ2v) is 3.45. The number of rotatable bonds is 6. The number of aliphatic carboxylic acids is 1. The third-order valence-corrected chi connectivity index (χ3v) is 2.20. The molecule has 90 valence electrons. The molecule has 4 heteroatoms. The Kier molecular flexibility index (Phi) is 4.94. The van der Waals surface area contributed by atoms with Gasteiger partial charge in [-0.3, -0.25) is 4.79 Å². The highest BCUT2D eigenvalue weighted by molar-refractivity contribution is 5.72. The van der Waals surface area contributed by atoms with Gasteiger partial charge in [-0.15, -0.1) is 0 Å². The third-order valence-electron chi connectivity index (χ3n) is 2.20. The summed E-state index contributed by atoms with van der Waals surface area (Å²) < 4.78 is 5.13. The van der Waals surface area contributed by atoms with Crippen molar-refractivity contribution in [3.63, 3.8) is 0 Å². The minimum atomic E-state index is -0.896. The Morgan fingerprint density at radius 2 is 2.24 bits per heavy atom. The Hall–Kier alpha value is -2.10. The van der Waals surface area contributed by atoms with Gasteiger partial charge in [-0.25, -0.2) is 0 Å². The average molecular weight is 234 g/mol. The molecule has 0 unspecified atom stereocenters. The maximum Gasteiger partial charge on any atom is 0.307 e. The number of aldehydes is 1. The van der Waals surface area contributed by atoms with E-state index in [0.29, 0.717) is 17.7 Å². The van der Waals surface area contributed by atoms with Gasteiger partial charge < -0.3 is 14.6 Å². The monoisotopic (exact) mass is 234 g/mol. The van der Waals surface area contributed by atoms with E-state index in [9.17, 15) is 9.59 Å². The molecule has 0 radical (unpaired) electrons. The van der Waals surface area contributed by atoms with Gasteiger partial charge in [0.05, 0.1) is 13.5 Å². The summed E-state index contributed by atoms with van der Waals surface area (Å²) in [6, 6.07) is 5.26. The maximum atomic E-state index is 10.6. The van der Waals surface area contributed by atoms with Crippen molar-refractivity contribution in [2.75, 3.05) is 7.11 Å². The number of benzene rings is 1. The first-order valence-corrected chi connectivity index (χ1v) is 5.16. The fraction of sp³-hybridized carbons (Fsp3) is 0.231. The van der Waals surface area contributed by atoms with Gasteiger partial charge in [0.2, 0.25) is 0 Å². The Bertz CT molecular complexity index is 435. The van der Waals surface area contributed by atoms with Crippen molar-refractivity contribution >= 4 is 18.3 Å². The second kappa shape index (κ2) is 6.48. The lowest BCUT2D eigenvalue weighted by molar-refractivity contribution is -0.136. The quantitative estimate of drug-likeness (QED) is 0.764. The molecule has 1 aromatic carbocycles. The molecule has 0 aliphatic rings. The van der Waals surface area contributed by atoms with Gasteiger partial charge in [0.15, 0.2) is 0 Å². The first-order chi connectivity index (χ1) is 8.17. The smallest absolute Gasteiger partial charge is 0.307 e. The van der Waals surface area contributed by atoms with Crippen LogP contribution >= 0.6 is 0 Å². The lowest BCUT2D eigenvalue weighted by Gasteiger charge is -2.07. The van der Waals surface area contributed by atoms with Crippen LogP contribution in [0.2, 0.25) is 0 Å². The molecule has 1 N–H and O–H groups in total. The summed E-state index contributed by atoms with van der Waals surface area (Å²) in [5, 5.41) is 8.72. The van der Waals surface area contributed by atoms with Crippen molar-refractivity contribution in [2.24, 2.45) is 0 Å². The number of carboxylic acid groups (broad SMARTS) is 1. The summed E-state index contributed by atoms with van der Waals surface area (Å²) in [6.45, 7) is 0. The largest absolute Gasteiger partial charge is 0.496 e. The first kappa shape index (κ1) is 13.0. The number of hydrogen-bond acceptors (Lipinski definition) is 3. The summed E-state index contributed by atoms with van der Waals surface area (Å²) in [7, 11) is 1.50. The summed E-state index contributed by atoms with van der Waals surface area (Å²) in [5.74, 6) is -0.354. The molecule has 17 heavy (non-hydrogen) atoms. The third kappa shape index (κ3) is 4.10. The van der Waals surface area contributed by atoms with Crippen molar-refractivity contribution in [1.29, 1.82) is 0 Å². The average Bonchev–Trinajstić information content (AvgIpc) is 2.30. The number of carboxylic acids is 1. The predicted molar refractivity (Wildman–Crippen MR) is 64.0 cm³/mol. The van der Waals surface area contributed by atoms with E-state index in [-0.39, 0.29) is 6.42 Å². The lowest BCUT2D eigenvalue weighted by atomic mass is 10.1. The van der Waals surface area contributed by atoms with Crippen LogP contribution in [-0.2, 0) is 16.0 Å². The Balaban J connectivity index is 2.91. The molecular formula is C13H14O4. The van der Waals surface area contributed by atoms with E-state index in [1.165, 1.54) is 7.11 Å². The van der Waals surface area contributed by atoms with E-state index in [1.807, 2.05) is 0 Å². The van der Waals surface area contributed by atoms with Crippen LogP contribution in [-0.4, -0.2) is 24.5 Å². The molecule has 0 amide bonds. The number of carbonyl (C=O) groups excluding carboxylic acids is 1. The minimum Gasteiger partial charge on any atom is -0.496 e. The highest BCUT2D eigenvalue weighted by Crippen LogP contribution is 2.21. The van der Waals surface area contributed by atoms with E-state index in [2.05, 4.69) is 0 Å². The molecule has 0 aliphatic carbocycles. The van der Waals surface area contributed by atoms with Crippen LogP contribution in [0.25, 0.3) is 6.08 Å². The van der Waals surface area contributed by atoms with Gasteiger partial charge in [-0.05, 0) is 11.6 Å². The molecule has 0 bridgehead atoms. The number of hydrogen-bond donors (Lipinski definition) is 1. The van der Waals surface area contributed by atoms with Gasteiger partial charge >= 0.3 is 5.97 Å². The number of ether oxygens (including phenoxy) is 1. The summed E-state index contributed by atoms with van der Waals surface area (Å²) in [6.07, 6.45) is 4.63. The van der Waals surface area contributed by atoms with Crippen LogP contribution in [0.1, 0.15) is 17.5 Å². The molecule has 0 fully saturated rings. The van der Waals surface area contributed by atoms with Crippen molar-refractivity contribution in [3.8, 4) is 5.75 Å². The zero-order chi connectivity index (χ0) is 12.7. The molecule has 0 heterocycles. The molecule has 0 saturated carbocycles. The fourth-order valence-corrected chi connectivity index (χ4v) is 1.43. The van der Waals surface area contributed by atoms with E-state index >= 15 is 0 Å². The summed E-state index contributed by atoms with van der Waals surface area (Å²) in [5.41, 5.74) is 1.50. The van der Waals surface area contributed by atoms with Crippen LogP contribution < -0.4 is 4.74 Å². The SMILES string of the molecule is COc1cc(C=CCC=O)ccc1CC(=O)O. The van der Waals surface area contributed by atoms with Gasteiger partial charge in [-0.2, -0.15) is 0 Å². The molecular weight excluding hydrogens is 220 g/mol. The minimum absolute atomic E-state index is 0.0680. The van der Waals surface area contributed by atoms with Crippen LogP contribution in [0.15, 0.2) is 24.3 Å². The van der Waals surface area contributed by atoms with Gasteiger partial charge in [-0.1, -0.05) is 24.3 Å². The molecule has 0 atom stereocenters. The number of allylic oxidation sites excluding steroid dienone is 1. The van der Waals surface area contributed by atoms with Gasteiger partial charge in [0.25, 0.3) is 0 Å². The Morgan fingerprint density at radius 3 is 2.82 bits per heavy atom. The van der Waals surface area contributed by atoms with E-state index < -0.39 is 5.97 Å². The summed E-state index contributed by atoms with van der Waals surface area (Å²) in [4.78, 5) is 20.8. The molecule has 1 rings (SSSR count). The van der Waals surface area contributed by atoms with Crippen LogP contribution in [0.5, 0.6) is 5.75 Å². The highest BCUT2D eigenvalue weighted by atomic mass is 16.5. The standard InChI is InChI=1S/C13H14O4/c1-17-12-8-10(4-2-3-7-14)5-6-11(12)9-13(15)16/h2,4-8H,3,9H2,1H3,(H,15,16). The lowest BCUT2D eigenvalue weighted by Crippen LogP contribution is -2.02. The highest BCUT2D eigenvalue weighted by Gasteiger charge is 2.07. The van der Waals surface area contributed by atoms with Crippen molar-refractivity contribution in [1.82, 2.24) is 0 Å². The molecule has 4 nitrogen and oxygen atoms in total. The van der Waals surface area contributed by atoms with E-state index in [1.54, 1.807) is 30.4 Å². The normalized spacial score (nSPS) is 10.4. The van der Waals surface area contributed by atoms with Crippen molar-refractivity contribution < 1.29 is 19.4 Å². The molecule has 1 aromatic rings. The van der Waals surface area contributed by atoms with Gasteiger partial charge in [0, 0.05) is 12.0 Å². The molecule has 0 aromatic heterocycles. The molecule has 0 spiro atoms. The van der Waals surface area contributed by atoms with Crippen molar-refractivity contribution in [2.45, 2.75) is 12.8 Å². The second-order valence-electron chi connectivity index (χ2n) is 3.45. The van der Waals surface area contributed by atoms with E-state index in [4.69, 9.17) is 9.84 Å². The Morgan fingerprint density at radius 1 is 1.47 bits per heavy atom. The number of carbonyl (C=O) groups is 2. The zero-order valence-corrected chi connectivity index (χ0v) is 9.55.